The first-order valence-electron chi connectivity index (χ1n) is 6.71. The number of benzene rings is 2. The minimum absolute atomic E-state index is 0.127. The fourth-order valence-corrected chi connectivity index (χ4v) is 2.69. The predicted molar refractivity (Wildman–Crippen MR) is 74.3 cm³/mol. The van der Waals surface area contributed by atoms with Crippen LogP contribution in [0.25, 0.3) is 0 Å². The van der Waals surface area contributed by atoms with E-state index in [-0.39, 0.29) is 11.8 Å². The molecule has 21 heavy (non-hydrogen) atoms. The highest BCUT2D eigenvalue weighted by Crippen LogP contribution is 2.34. The molecule has 1 N–H and O–H groups in total. The van der Waals surface area contributed by atoms with Gasteiger partial charge in [0.25, 0.3) is 0 Å². The van der Waals surface area contributed by atoms with Gasteiger partial charge in [-0.05, 0) is 36.1 Å². The molecule has 1 aliphatic rings. The number of nitrogens with one attached hydrogen (secondary N) is 1. The van der Waals surface area contributed by atoms with Crippen molar-refractivity contribution >= 4 is 5.69 Å². The molecule has 0 amide bonds. The summed E-state index contributed by atoms with van der Waals surface area (Å²) in [6, 6.07) is 14.2. The number of aryl methyl sites for hydroxylation is 1. The first-order chi connectivity index (χ1) is 10.0. The molecular weight excluding hydrogens is 279 g/mol. The third kappa shape index (κ3) is 3.29. The Hall–Kier alpha value is -2.17. The SMILES string of the molecule is FC(F)(F)Oc1cccc(NC2CCc3ccccc32)c1. The minimum atomic E-state index is -4.67. The molecule has 0 heterocycles. The van der Waals surface area contributed by atoms with Gasteiger partial charge in [-0.15, -0.1) is 13.2 Å². The topological polar surface area (TPSA) is 21.3 Å². The van der Waals surface area contributed by atoms with E-state index in [1.165, 1.54) is 23.3 Å². The highest BCUT2D eigenvalue weighted by molar-refractivity contribution is 5.51. The van der Waals surface area contributed by atoms with Crippen LogP contribution in [0.1, 0.15) is 23.6 Å². The average molecular weight is 293 g/mol. The monoisotopic (exact) mass is 293 g/mol. The van der Waals surface area contributed by atoms with Crippen molar-refractivity contribution in [3.8, 4) is 5.75 Å². The van der Waals surface area contributed by atoms with E-state index >= 15 is 0 Å². The molecule has 0 bridgehead atoms. The Balaban J connectivity index is 1.76. The number of rotatable bonds is 3. The van der Waals surface area contributed by atoms with Crippen molar-refractivity contribution in [3.05, 3.63) is 59.7 Å². The molecule has 110 valence electrons. The smallest absolute Gasteiger partial charge is 0.406 e. The third-order valence-electron chi connectivity index (χ3n) is 3.54. The molecule has 2 nitrogen and oxygen atoms in total. The fourth-order valence-electron chi connectivity index (χ4n) is 2.69. The standard InChI is InChI=1S/C16H14F3NO/c17-16(18,19)21-13-6-3-5-12(10-13)20-15-9-8-11-4-1-2-7-14(11)15/h1-7,10,15,20H,8-9H2. The van der Waals surface area contributed by atoms with Crippen LogP contribution in [-0.4, -0.2) is 6.36 Å². The molecule has 0 spiro atoms. The number of ether oxygens (including phenoxy) is 1. The van der Waals surface area contributed by atoms with Crippen molar-refractivity contribution < 1.29 is 17.9 Å². The molecule has 0 aromatic heterocycles. The van der Waals surface area contributed by atoms with Crippen molar-refractivity contribution in [1.29, 1.82) is 0 Å². The van der Waals surface area contributed by atoms with Crippen LogP contribution >= 0.6 is 0 Å². The van der Waals surface area contributed by atoms with Gasteiger partial charge in [-0.3, -0.25) is 0 Å². The molecule has 0 aliphatic heterocycles. The number of alkyl halides is 3. The summed E-state index contributed by atoms with van der Waals surface area (Å²) in [5, 5.41) is 3.28. The Kier molecular flexibility index (Phi) is 3.49. The van der Waals surface area contributed by atoms with E-state index in [9.17, 15) is 13.2 Å². The van der Waals surface area contributed by atoms with Crippen LogP contribution in [-0.2, 0) is 6.42 Å². The zero-order chi connectivity index (χ0) is 14.9. The maximum absolute atomic E-state index is 12.2. The third-order valence-corrected chi connectivity index (χ3v) is 3.54. The van der Waals surface area contributed by atoms with Crippen molar-refractivity contribution in [2.24, 2.45) is 0 Å². The number of halogens is 3. The zero-order valence-electron chi connectivity index (χ0n) is 11.2. The lowest BCUT2D eigenvalue weighted by atomic mass is 10.1. The van der Waals surface area contributed by atoms with Crippen LogP contribution in [0.15, 0.2) is 48.5 Å². The summed E-state index contributed by atoms with van der Waals surface area (Å²) in [6.45, 7) is 0. The highest BCUT2D eigenvalue weighted by atomic mass is 19.4. The normalized spacial score (nSPS) is 17.4. The summed E-state index contributed by atoms with van der Waals surface area (Å²) in [7, 11) is 0. The van der Waals surface area contributed by atoms with Crippen LogP contribution in [0.4, 0.5) is 18.9 Å². The van der Waals surface area contributed by atoms with E-state index in [0.717, 1.165) is 12.8 Å². The van der Waals surface area contributed by atoms with Gasteiger partial charge in [0.1, 0.15) is 5.75 Å². The average Bonchev–Trinajstić information content (AvgIpc) is 2.81. The molecule has 0 radical (unpaired) electrons. The molecule has 1 atom stereocenters. The van der Waals surface area contributed by atoms with E-state index in [2.05, 4.69) is 22.2 Å². The van der Waals surface area contributed by atoms with Crippen LogP contribution in [0.2, 0.25) is 0 Å². The Morgan fingerprint density at radius 3 is 2.67 bits per heavy atom. The van der Waals surface area contributed by atoms with Crippen LogP contribution in [0.3, 0.4) is 0 Å². The summed E-state index contributed by atoms with van der Waals surface area (Å²) in [5.41, 5.74) is 3.12. The van der Waals surface area contributed by atoms with E-state index in [0.29, 0.717) is 5.69 Å². The number of anilines is 1. The van der Waals surface area contributed by atoms with Gasteiger partial charge in [0, 0.05) is 11.8 Å². The van der Waals surface area contributed by atoms with E-state index in [4.69, 9.17) is 0 Å². The molecule has 2 aromatic carbocycles. The van der Waals surface area contributed by atoms with E-state index < -0.39 is 6.36 Å². The summed E-state index contributed by atoms with van der Waals surface area (Å²) in [5.74, 6) is -0.209. The van der Waals surface area contributed by atoms with Gasteiger partial charge in [0.15, 0.2) is 0 Å². The molecule has 0 saturated carbocycles. The van der Waals surface area contributed by atoms with Crippen molar-refractivity contribution in [2.75, 3.05) is 5.32 Å². The maximum atomic E-state index is 12.2. The molecule has 0 saturated heterocycles. The maximum Gasteiger partial charge on any atom is 0.573 e. The second-order valence-electron chi connectivity index (χ2n) is 5.01. The van der Waals surface area contributed by atoms with Gasteiger partial charge in [-0.25, -0.2) is 0 Å². The summed E-state index contributed by atoms with van der Waals surface area (Å²) >= 11 is 0. The minimum Gasteiger partial charge on any atom is -0.406 e. The van der Waals surface area contributed by atoms with Gasteiger partial charge < -0.3 is 10.1 Å². The Morgan fingerprint density at radius 1 is 1.05 bits per heavy atom. The summed E-state index contributed by atoms with van der Waals surface area (Å²) in [4.78, 5) is 0. The Bertz CT molecular complexity index is 639. The lowest BCUT2D eigenvalue weighted by molar-refractivity contribution is -0.274. The van der Waals surface area contributed by atoms with E-state index in [1.54, 1.807) is 12.1 Å². The molecule has 2 aromatic rings. The molecule has 1 unspecified atom stereocenters. The van der Waals surface area contributed by atoms with Gasteiger partial charge in [-0.1, -0.05) is 30.3 Å². The summed E-state index contributed by atoms with van der Waals surface area (Å²) < 4.78 is 40.6. The fraction of sp³-hybridized carbons (Fsp3) is 0.250. The lowest BCUT2D eigenvalue weighted by Gasteiger charge is -2.16. The predicted octanol–water partition coefficient (Wildman–Crippen LogP) is 4.68. The highest BCUT2D eigenvalue weighted by Gasteiger charge is 2.31. The second kappa shape index (κ2) is 5.31. The molecule has 5 heteroatoms. The van der Waals surface area contributed by atoms with Crippen molar-refractivity contribution in [2.45, 2.75) is 25.2 Å². The van der Waals surface area contributed by atoms with Gasteiger partial charge in [0.2, 0.25) is 0 Å². The lowest BCUT2D eigenvalue weighted by Crippen LogP contribution is -2.17. The molecule has 1 aliphatic carbocycles. The van der Waals surface area contributed by atoms with Crippen LogP contribution in [0.5, 0.6) is 5.75 Å². The van der Waals surface area contributed by atoms with Gasteiger partial charge >= 0.3 is 6.36 Å². The molecule has 3 rings (SSSR count). The van der Waals surface area contributed by atoms with Crippen LogP contribution in [0, 0.1) is 0 Å². The second-order valence-corrected chi connectivity index (χ2v) is 5.01. The first-order valence-corrected chi connectivity index (χ1v) is 6.71. The Labute approximate surface area is 120 Å². The number of hydrogen-bond acceptors (Lipinski definition) is 2. The van der Waals surface area contributed by atoms with Gasteiger partial charge in [0.05, 0.1) is 6.04 Å². The Morgan fingerprint density at radius 2 is 1.86 bits per heavy atom. The number of hydrogen-bond donors (Lipinski definition) is 1. The molecular formula is C16H14F3NO. The van der Waals surface area contributed by atoms with E-state index in [1.807, 2.05) is 12.1 Å². The first kappa shape index (κ1) is 13.8. The summed E-state index contributed by atoms with van der Waals surface area (Å²) in [6.07, 6.45) is -2.76. The van der Waals surface area contributed by atoms with Gasteiger partial charge in [-0.2, -0.15) is 0 Å². The molecule has 0 fully saturated rings. The quantitative estimate of drug-likeness (QED) is 0.886. The van der Waals surface area contributed by atoms with Crippen molar-refractivity contribution in [3.63, 3.8) is 0 Å². The van der Waals surface area contributed by atoms with Crippen molar-refractivity contribution in [1.82, 2.24) is 0 Å². The largest absolute Gasteiger partial charge is 0.573 e. The zero-order valence-corrected chi connectivity index (χ0v) is 11.2. The number of fused-ring (bicyclic) bond motifs is 1. The van der Waals surface area contributed by atoms with Crippen LogP contribution < -0.4 is 10.1 Å².